The largest absolute Gasteiger partial charge is 0.368 e. The van der Waals surface area contributed by atoms with Crippen LogP contribution in [0.2, 0.25) is 0 Å². The van der Waals surface area contributed by atoms with Crippen LogP contribution in [0, 0.1) is 0 Å². The van der Waals surface area contributed by atoms with E-state index >= 15 is 0 Å². The zero-order chi connectivity index (χ0) is 11.0. The van der Waals surface area contributed by atoms with Crippen LogP contribution in [-0.4, -0.2) is 18.0 Å². The van der Waals surface area contributed by atoms with Gasteiger partial charge in [-0.2, -0.15) is 0 Å². The molecule has 0 radical (unpaired) electrons. The summed E-state index contributed by atoms with van der Waals surface area (Å²) in [5, 5.41) is 0. The molecule has 0 spiro atoms. The average molecular weight is 200 g/mol. The minimum absolute atomic E-state index is 0.232. The van der Waals surface area contributed by atoms with Crippen molar-refractivity contribution in [3.8, 4) is 0 Å². The van der Waals surface area contributed by atoms with Crippen LogP contribution in [0.3, 0.4) is 0 Å². The van der Waals surface area contributed by atoms with E-state index in [1.807, 2.05) is 20.8 Å². The molecule has 0 rings (SSSR count). The van der Waals surface area contributed by atoms with E-state index in [0.717, 1.165) is 12.8 Å². The Morgan fingerprint density at radius 1 is 1.21 bits per heavy atom. The van der Waals surface area contributed by atoms with Crippen molar-refractivity contribution in [2.24, 2.45) is 0 Å². The van der Waals surface area contributed by atoms with Crippen LogP contribution in [0.25, 0.3) is 0 Å². The first-order valence-electron chi connectivity index (χ1n) is 5.78. The summed E-state index contributed by atoms with van der Waals surface area (Å²) >= 11 is 0. The Morgan fingerprint density at radius 3 is 2.29 bits per heavy atom. The molecule has 0 heterocycles. The fourth-order valence-electron chi connectivity index (χ4n) is 1.70. The smallest absolute Gasteiger partial charge is 0.164 e. The Kier molecular flexibility index (Phi) is 6.81. The quantitative estimate of drug-likeness (QED) is 0.562. The number of carbonyl (C=O) groups is 1. The zero-order valence-corrected chi connectivity index (χ0v) is 10.1. The number of hydrogen-bond acceptors (Lipinski definition) is 2. The maximum atomic E-state index is 11.7. The molecule has 84 valence electrons. The summed E-state index contributed by atoms with van der Waals surface area (Å²) in [5.41, 5.74) is -0.529. The fourth-order valence-corrected chi connectivity index (χ4v) is 1.70. The summed E-state index contributed by atoms with van der Waals surface area (Å²) in [6, 6.07) is 0. The summed E-state index contributed by atoms with van der Waals surface area (Å²) in [4.78, 5) is 11.7. The van der Waals surface area contributed by atoms with Gasteiger partial charge >= 0.3 is 0 Å². The van der Waals surface area contributed by atoms with Crippen LogP contribution in [0.15, 0.2) is 0 Å². The normalized spacial score (nSPS) is 15.1. The van der Waals surface area contributed by atoms with E-state index in [-0.39, 0.29) is 5.78 Å². The molecule has 0 aliphatic heterocycles. The van der Waals surface area contributed by atoms with Gasteiger partial charge < -0.3 is 4.74 Å². The van der Waals surface area contributed by atoms with Crippen LogP contribution in [0.4, 0.5) is 0 Å². The monoisotopic (exact) mass is 200 g/mol. The zero-order valence-electron chi connectivity index (χ0n) is 10.1. The van der Waals surface area contributed by atoms with Gasteiger partial charge in [0.2, 0.25) is 0 Å². The van der Waals surface area contributed by atoms with Gasteiger partial charge in [-0.1, -0.05) is 33.1 Å². The molecule has 0 fully saturated rings. The van der Waals surface area contributed by atoms with Gasteiger partial charge in [-0.05, 0) is 20.3 Å². The van der Waals surface area contributed by atoms with Crippen molar-refractivity contribution in [1.29, 1.82) is 0 Å². The van der Waals surface area contributed by atoms with Gasteiger partial charge in [0, 0.05) is 13.0 Å². The molecule has 0 aliphatic carbocycles. The highest BCUT2D eigenvalue weighted by Crippen LogP contribution is 2.22. The number of carbonyl (C=O) groups excluding carboxylic acids is 1. The number of Topliss-reactive ketones (excluding diaryl/α,β-unsaturated/α-hetero) is 1. The summed E-state index contributed by atoms with van der Waals surface area (Å²) in [6.45, 7) is 8.56. The van der Waals surface area contributed by atoms with Gasteiger partial charge in [0.25, 0.3) is 0 Å². The maximum Gasteiger partial charge on any atom is 0.164 e. The van der Waals surface area contributed by atoms with Crippen LogP contribution in [-0.2, 0) is 9.53 Å². The highest BCUT2D eigenvalue weighted by Gasteiger charge is 2.31. The van der Waals surface area contributed by atoms with E-state index in [4.69, 9.17) is 4.74 Å². The van der Waals surface area contributed by atoms with Crippen LogP contribution in [0.5, 0.6) is 0 Å². The third kappa shape index (κ3) is 4.23. The molecule has 0 saturated heterocycles. The molecule has 0 bridgehead atoms. The van der Waals surface area contributed by atoms with Crippen molar-refractivity contribution in [3.05, 3.63) is 0 Å². The number of ketones is 1. The Hall–Kier alpha value is -0.370. The summed E-state index contributed by atoms with van der Waals surface area (Å²) in [6.07, 6.45) is 4.88. The molecule has 0 aromatic carbocycles. The second-order valence-electron chi connectivity index (χ2n) is 3.90. The molecule has 0 aliphatic rings. The van der Waals surface area contributed by atoms with Crippen molar-refractivity contribution in [1.82, 2.24) is 0 Å². The fraction of sp³-hybridized carbons (Fsp3) is 0.917. The number of rotatable bonds is 8. The maximum absolute atomic E-state index is 11.7. The molecule has 1 atom stereocenters. The third-order valence-electron chi connectivity index (χ3n) is 2.63. The first-order chi connectivity index (χ1) is 6.60. The molecule has 2 heteroatoms. The van der Waals surface area contributed by atoms with Crippen LogP contribution < -0.4 is 0 Å². The second kappa shape index (κ2) is 6.99. The van der Waals surface area contributed by atoms with E-state index in [0.29, 0.717) is 13.0 Å². The van der Waals surface area contributed by atoms with Crippen molar-refractivity contribution in [2.75, 3.05) is 6.61 Å². The highest BCUT2D eigenvalue weighted by molar-refractivity contribution is 5.86. The van der Waals surface area contributed by atoms with Gasteiger partial charge in [-0.15, -0.1) is 0 Å². The molecule has 2 nitrogen and oxygen atoms in total. The topological polar surface area (TPSA) is 26.3 Å². The van der Waals surface area contributed by atoms with Gasteiger partial charge in [-0.25, -0.2) is 0 Å². The number of ether oxygens (including phenoxy) is 1. The SMILES string of the molecule is CCCCCC(C)(OCC)C(=O)CC. The molecule has 0 aromatic rings. The lowest BCUT2D eigenvalue weighted by Crippen LogP contribution is -2.38. The number of unbranched alkanes of at least 4 members (excludes halogenated alkanes) is 2. The molecule has 0 N–H and O–H groups in total. The molecule has 0 aromatic heterocycles. The minimum Gasteiger partial charge on any atom is -0.368 e. The first kappa shape index (κ1) is 13.6. The predicted molar refractivity (Wildman–Crippen MR) is 59.5 cm³/mol. The molecular formula is C12H24O2. The predicted octanol–water partition coefficient (Wildman–Crippen LogP) is 3.34. The third-order valence-corrected chi connectivity index (χ3v) is 2.63. The second-order valence-corrected chi connectivity index (χ2v) is 3.90. The average Bonchev–Trinajstić information content (AvgIpc) is 2.17. The van der Waals surface area contributed by atoms with E-state index in [1.165, 1.54) is 12.8 Å². The van der Waals surface area contributed by atoms with E-state index in [1.54, 1.807) is 0 Å². The molecule has 14 heavy (non-hydrogen) atoms. The standard InChI is InChI=1S/C12H24O2/c1-5-8-9-10-12(4,14-7-3)11(13)6-2/h5-10H2,1-4H3. The van der Waals surface area contributed by atoms with E-state index < -0.39 is 5.60 Å². The minimum atomic E-state index is -0.529. The lowest BCUT2D eigenvalue weighted by atomic mass is 9.92. The van der Waals surface area contributed by atoms with E-state index in [2.05, 4.69) is 6.92 Å². The van der Waals surface area contributed by atoms with Crippen molar-refractivity contribution in [2.45, 2.75) is 65.4 Å². The Bertz CT molecular complexity index is 166. The lowest BCUT2D eigenvalue weighted by molar-refractivity contribution is -0.142. The Morgan fingerprint density at radius 2 is 1.86 bits per heavy atom. The molecule has 1 unspecified atom stereocenters. The van der Waals surface area contributed by atoms with Crippen LogP contribution >= 0.6 is 0 Å². The Balaban J connectivity index is 4.16. The first-order valence-corrected chi connectivity index (χ1v) is 5.78. The molecule has 0 amide bonds. The van der Waals surface area contributed by atoms with Gasteiger partial charge in [0.15, 0.2) is 5.78 Å². The van der Waals surface area contributed by atoms with Gasteiger partial charge in [0.1, 0.15) is 5.60 Å². The Labute approximate surface area is 88.0 Å². The summed E-state index contributed by atoms with van der Waals surface area (Å²) in [5.74, 6) is 0.232. The molecular weight excluding hydrogens is 176 g/mol. The van der Waals surface area contributed by atoms with Crippen LogP contribution in [0.1, 0.15) is 59.8 Å². The molecule has 0 saturated carbocycles. The lowest BCUT2D eigenvalue weighted by Gasteiger charge is -2.27. The summed E-state index contributed by atoms with van der Waals surface area (Å²) in [7, 11) is 0. The highest BCUT2D eigenvalue weighted by atomic mass is 16.5. The van der Waals surface area contributed by atoms with Crippen molar-refractivity contribution >= 4 is 5.78 Å². The number of hydrogen-bond donors (Lipinski definition) is 0. The van der Waals surface area contributed by atoms with E-state index in [9.17, 15) is 4.79 Å². The van der Waals surface area contributed by atoms with Crippen molar-refractivity contribution in [3.63, 3.8) is 0 Å². The van der Waals surface area contributed by atoms with Gasteiger partial charge in [0.05, 0.1) is 0 Å². The van der Waals surface area contributed by atoms with Gasteiger partial charge in [-0.3, -0.25) is 4.79 Å². The summed E-state index contributed by atoms with van der Waals surface area (Å²) < 4.78 is 5.58. The van der Waals surface area contributed by atoms with Crippen molar-refractivity contribution < 1.29 is 9.53 Å².